The molecule has 2 N–H and O–H groups in total. The molecule has 0 bridgehead atoms. The van der Waals surface area contributed by atoms with Gasteiger partial charge in [0.2, 0.25) is 0 Å². The van der Waals surface area contributed by atoms with Gasteiger partial charge < -0.3 is 5.73 Å². The molecule has 3 rings (SSSR count). The Hall–Kier alpha value is -0.450. The molecule has 1 heterocycles. The molecule has 1 aliphatic carbocycles. The van der Waals surface area contributed by atoms with Crippen LogP contribution in [0.4, 0.5) is 0 Å². The summed E-state index contributed by atoms with van der Waals surface area (Å²) in [5, 5.41) is 1.32. The predicted octanol–water partition coefficient (Wildman–Crippen LogP) is 4.29. The zero-order valence-electron chi connectivity index (χ0n) is 10.2. The molecule has 18 heavy (non-hydrogen) atoms. The van der Waals surface area contributed by atoms with Gasteiger partial charge in [0.1, 0.15) is 0 Å². The Balaban J connectivity index is 1.82. The summed E-state index contributed by atoms with van der Waals surface area (Å²) in [4.78, 5) is 4.79. The second-order valence-corrected chi connectivity index (χ2v) is 7.10. The highest BCUT2D eigenvalue weighted by molar-refractivity contribution is 9.10. The van der Waals surface area contributed by atoms with E-state index in [9.17, 15) is 0 Å². The van der Waals surface area contributed by atoms with Crippen molar-refractivity contribution in [3.63, 3.8) is 0 Å². The van der Waals surface area contributed by atoms with Gasteiger partial charge in [0.05, 0.1) is 15.2 Å². The molecule has 96 valence electrons. The molecule has 0 unspecified atom stereocenters. The lowest BCUT2D eigenvalue weighted by Gasteiger charge is -2.26. The normalized spacial score (nSPS) is 24.6. The van der Waals surface area contributed by atoms with E-state index in [-0.39, 0.29) is 0 Å². The third-order valence-electron chi connectivity index (χ3n) is 3.90. The maximum absolute atomic E-state index is 5.75. The van der Waals surface area contributed by atoms with Crippen molar-refractivity contribution in [2.24, 2.45) is 11.7 Å². The summed E-state index contributed by atoms with van der Waals surface area (Å²) >= 11 is 5.37. The molecule has 4 heteroatoms. The Morgan fingerprint density at radius 1 is 1.28 bits per heavy atom. The lowest BCUT2D eigenvalue weighted by Crippen LogP contribution is -2.20. The van der Waals surface area contributed by atoms with Crippen LogP contribution in [0.25, 0.3) is 10.2 Å². The molecule has 0 aliphatic heterocycles. The summed E-state index contributed by atoms with van der Waals surface area (Å²) in [5.74, 6) is 1.40. The quantitative estimate of drug-likeness (QED) is 0.894. The number of aromatic nitrogens is 1. The SMILES string of the molecule is NCC1CCC(c2nc3ccc(Br)cc3s2)CC1. The lowest BCUT2D eigenvalue weighted by molar-refractivity contribution is 0.332. The fraction of sp³-hybridized carbons (Fsp3) is 0.500. The van der Waals surface area contributed by atoms with Crippen molar-refractivity contribution in [3.8, 4) is 0 Å². The fourth-order valence-corrected chi connectivity index (χ4v) is 4.42. The second-order valence-electron chi connectivity index (χ2n) is 5.12. The molecule has 1 aromatic carbocycles. The number of fused-ring (bicyclic) bond motifs is 1. The summed E-state index contributed by atoms with van der Waals surface area (Å²) in [6.07, 6.45) is 5.04. The minimum Gasteiger partial charge on any atom is -0.330 e. The van der Waals surface area contributed by atoms with Gasteiger partial charge in [-0.05, 0) is 56.3 Å². The summed E-state index contributed by atoms with van der Waals surface area (Å²) < 4.78 is 2.43. The van der Waals surface area contributed by atoms with Gasteiger partial charge in [-0.15, -0.1) is 11.3 Å². The molecule has 0 amide bonds. The summed E-state index contributed by atoms with van der Waals surface area (Å²) in [7, 11) is 0. The van der Waals surface area contributed by atoms with Crippen molar-refractivity contribution >= 4 is 37.5 Å². The van der Waals surface area contributed by atoms with Crippen LogP contribution in [0.3, 0.4) is 0 Å². The summed E-state index contributed by atoms with van der Waals surface area (Å²) in [6.45, 7) is 0.847. The zero-order chi connectivity index (χ0) is 12.5. The van der Waals surface area contributed by atoms with Crippen molar-refractivity contribution in [2.45, 2.75) is 31.6 Å². The van der Waals surface area contributed by atoms with Crippen LogP contribution >= 0.6 is 27.3 Å². The average Bonchev–Trinajstić information content (AvgIpc) is 2.81. The number of hydrogen-bond acceptors (Lipinski definition) is 3. The van der Waals surface area contributed by atoms with Crippen LogP contribution in [0, 0.1) is 5.92 Å². The van der Waals surface area contributed by atoms with Crippen molar-refractivity contribution in [1.29, 1.82) is 0 Å². The molecule has 0 spiro atoms. The fourth-order valence-electron chi connectivity index (χ4n) is 2.74. The number of rotatable bonds is 2. The molecule has 0 atom stereocenters. The lowest BCUT2D eigenvalue weighted by atomic mass is 9.82. The average molecular weight is 325 g/mol. The highest BCUT2D eigenvalue weighted by atomic mass is 79.9. The Labute approximate surface area is 120 Å². The second kappa shape index (κ2) is 5.27. The van der Waals surface area contributed by atoms with Crippen LogP contribution in [0.15, 0.2) is 22.7 Å². The number of nitrogens with two attached hydrogens (primary N) is 1. The van der Waals surface area contributed by atoms with E-state index in [1.54, 1.807) is 0 Å². The number of hydrogen-bond donors (Lipinski definition) is 1. The smallest absolute Gasteiger partial charge is 0.0969 e. The monoisotopic (exact) mass is 324 g/mol. The Morgan fingerprint density at radius 2 is 2.06 bits per heavy atom. The standard InChI is InChI=1S/C14H17BrN2S/c15-11-5-6-12-13(7-11)18-14(17-12)10-3-1-9(8-16)2-4-10/h5-7,9-10H,1-4,8,16H2. The highest BCUT2D eigenvalue weighted by Crippen LogP contribution is 2.39. The van der Waals surface area contributed by atoms with Crippen LogP contribution in [-0.4, -0.2) is 11.5 Å². The van der Waals surface area contributed by atoms with Crippen molar-refractivity contribution < 1.29 is 0 Å². The van der Waals surface area contributed by atoms with Crippen molar-refractivity contribution in [2.75, 3.05) is 6.54 Å². The van der Waals surface area contributed by atoms with Crippen LogP contribution in [0.5, 0.6) is 0 Å². The van der Waals surface area contributed by atoms with Crippen LogP contribution in [0.1, 0.15) is 36.6 Å². The molecule has 2 aromatic rings. The molecule has 1 aromatic heterocycles. The van der Waals surface area contributed by atoms with Gasteiger partial charge in [0.25, 0.3) is 0 Å². The van der Waals surface area contributed by atoms with Crippen molar-refractivity contribution in [1.82, 2.24) is 4.98 Å². The number of benzene rings is 1. The minimum atomic E-state index is 0.656. The minimum absolute atomic E-state index is 0.656. The Bertz CT molecular complexity index is 544. The van der Waals surface area contributed by atoms with E-state index in [2.05, 4.69) is 34.1 Å². The van der Waals surface area contributed by atoms with Gasteiger partial charge >= 0.3 is 0 Å². The van der Waals surface area contributed by atoms with E-state index >= 15 is 0 Å². The molecule has 1 saturated carbocycles. The van der Waals surface area contributed by atoms with E-state index in [1.807, 2.05) is 11.3 Å². The third-order valence-corrected chi connectivity index (χ3v) is 5.57. The van der Waals surface area contributed by atoms with Gasteiger partial charge in [-0.2, -0.15) is 0 Å². The first kappa shape index (κ1) is 12.6. The van der Waals surface area contributed by atoms with Crippen LogP contribution in [0.2, 0.25) is 0 Å². The van der Waals surface area contributed by atoms with Gasteiger partial charge in [-0.1, -0.05) is 15.9 Å². The van der Waals surface area contributed by atoms with Gasteiger partial charge in [-0.3, -0.25) is 0 Å². The molecule has 2 nitrogen and oxygen atoms in total. The summed E-state index contributed by atoms with van der Waals surface area (Å²) in [6, 6.07) is 6.34. The van der Waals surface area contributed by atoms with Gasteiger partial charge in [-0.25, -0.2) is 4.98 Å². The first-order valence-electron chi connectivity index (χ1n) is 6.52. The molecule has 0 radical (unpaired) electrons. The highest BCUT2D eigenvalue weighted by Gasteiger charge is 2.23. The Kier molecular flexibility index (Phi) is 3.68. The summed E-state index contributed by atoms with van der Waals surface area (Å²) in [5.41, 5.74) is 6.89. The van der Waals surface area contributed by atoms with E-state index in [1.165, 1.54) is 35.4 Å². The first-order chi connectivity index (χ1) is 8.76. The first-order valence-corrected chi connectivity index (χ1v) is 8.13. The molecule has 1 fully saturated rings. The maximum Gasteiger partial charge on any atom is 0.0969 e. The van der Waals surface area contributed by atoms with Crippen molar-refractivity contribution in [3.05, 3.63) is 27.7 Å². The zero-order valence-corrected chi connectivity index (χ0v) is 12.6. The van der Waals surface area contributed by atoms with E-state index < -0.39 is 0 Å². The van der Waals surface area contributed by atoms with Gasteiger partial charge in [0, 0.05) is 10.4 Å². The largest absolute Gasteiger partial charge is 0.330 e. The topological polar surface area (TPSA) is 38.9 Å². The van der Waals surface area contributed by atoms with E-state index in [4.69, 9.17) is 10.7 Å². The predicted molar refractivity (Wildman–Crippen MR) is 81.1 cm³/mol. The molecule has 1 aliphatic rings. The Morgan fingerprint density at radius 3 is 2.78 bits per heavy atom. The molecule has 0 saturated heterocycles. The van der Waals surface area contributed by atoms with Crippen LogP contribution in [-0.2, 0) is 0 Å². The third kappa shape index (κ3) is 2.46. The van der Waals surface area contributed by atoms with E-state index in [0.717, 1.165) is 22.5 Å². The molecular weight excluding hydrogens is 308 g/mol. The van der Waals surface area contributed by atoms with E-state index in [0.29, 0.717) is 5.92 Å². The number of nitrogens with zero attached hydrogens (tertiary/aromatic N) is 1. The van der Waals surface area contributed by atoms with Gasteiger partial charge in [0.15, 0.2) is 0 Å². The number of thiazole rings is 1. The maximum atomic E-state index is 5.75. The van der Waals surface area contributed by atoms with Crippen LogP contribution < -0.4 is 5.73 Å². The molecular formula is C14H17BrN2S. The number of halogens is 1.